The topological polar surface area (TPSA) is 49.4 Å². The Bertz CT molecular complexity index is 831. The van der Waals surface area contributed by atoms with Crippen LogP contribution in [0, 0.1) is 0 Å². The van der Waals surface area contributed by atoms with Crippen molar-refractivity contribution in [2.24, 2.45) is 0 Å². The van der Waals surface area contributed by atoms with Crippen molar-refractivity contribution in [2.75, 3.05) is 11.4 Å². The number of hydrogen-bond acceptors (Lipinski definition) is 2. The monoisotopic (exact) mass is 384 g/mol. The lowest BCUT2D eigenvalue weighted by atomic mass is 9.95. The van der Waals surface area contributed by atoms with Gasteiger partial charge in [-0.3, -0.25) is 9.59 Å². The second kappa shape index (κ2) is 8.57. The molecule has 0 atom stereocenters. The minimum absolute atomic E-state index is 0.0719. The zero-order valence-corrected chi connectivity index (χ0v) is 16.6. The van der Waals surface area contributed by atoms with Crippen LogP contribution < -0.4 is 10.2 Å². The fourth-order valence-corrected chi connectivity index (χ4v) is 3.60. The van der Waals surface area contributed by atoms with Gasteiger partial charge >= 0.3 is 0 Å². The van der Waals surface area contributed by atoms with Crippen LogP contribution in [-0.4, -0.2) is 24.4 Å². The Morgan fingerprint density at radius 3 is 2.59 bits per heavy atom. The third-order valence-electron chi connectivity index (χ3n) is 4.76. The van der Waals surface area contributed by atoms with Gasteiger partial charge in [-0.25, -0.2) is 0 Å². The number of carbonyl (C=O) groups is 2. The zero-order valence-electron chi connectivity index (χ0n) is 15.8. The molecule has 0 fully saturated rings. The molecule has 3 rings (SSSR count). The van der Waals surface area contributed by atoms with Gasteiger partial charge in [0.15, 0.2) is 0 Å². The lowest BCUT2D eigenvalue weighted by Crippen LogP contribution is -2.37. The van der Waals surface area contributed by atoms with Gasteiger partial charge in [0.1, 0.15) is 0 Å². The Balaban J connectivity index is 1.76. The van der Waals surface area contributed by atoms with Gasteiger partial charge in [0, 0.05) is 35.3 Å². The summed E-state index contributed by atoms with van der Waals surface area (Å²) in [6.07, 6.45) is 2.79. The molecule has 1 aliphatic rings. The largest absolute Gasteiger partial charge is 0.350 e. The summed E-state index contributed by atoms with van der Waals surface area (Å²) in [6, 6.07) is 13.3. The summed E-state index contributed by atoms with van der Waals surface area (Å²) in [5.41, 5.74) is 3.62. The molecule has 27 heavy (non-hydrogen) atoms. The van der Waals surface area contributed by atoms with E-state index in [0.29, 0.717) is 30.0 Å². The lowest BCUT2D eigenvalue weighted by molar-refractivity contribution is -0.118. The van der Waals surface area contributed by atoms with E-state index in [1.807, 2.05) is 61.2 Å². The minimum atomic E-state index is -0.0719. The molecule has 0 saturated carbocycles. The highest BCUT2D eigenvalue weighted by atomic mass is 35.5. The number of rotatable bonds is 5. The van der Waals surface area contributed by atoms with Gasteiger partial charge in [-0.05, 0) is 68.5 Å². The van der Waals surface area contributed by atoms with Gasteiger partial charge < -0.3 is 10.2 Å². The normalized spacial score (nSPS) is 13.4. The number of hydrogen-bond donors (Lipinski definition) is 1. The third kappa shape index (κ3) is 4.69. The molecule has 5 heteroatoms. The molecular weight excluding hydrogens is 360 g/mol. The van der Waals surface area contributed by atoms with Gasteiger partial charge in [0.05, 0.1) is 0 Å². The van der Waals surface area contributed by atoms with Crippen LogP contribution >= 0.6 is 11.6 Å². The van der Waals surface area contributed by atoms with E-state index in [1.54, 1.807) is 0 Å². The fraction of sp³-hybridized carbons (Fsp3) is 0.364. The molecule has 0 radical (unpaired) electrons. The molecule has 2 aromatic rings. The first kappa shape index (κ1) is 19.4. The van der Waals surface area contributed by atoms with E-state index in [0.717, 1.165) is 29.7 Å². The third-order valence-corrected chi connectivity index (χ3v) is 5.01. The average Bonchev–Trinajstić information content (AvgIpc) is 2.65. The molecule has 0 aliphatic carbocycles. The van der Waals surface area contributed by atoms with Crippen molar-refractivity contribution in [1.82, 2.24) is 5.32 Å². The van der Waals surface area contributed by atoms with Gasteiger partial charge in [-0.2, -0.15) is 0 Å². The van der Waals surface area contributed by atoms with Crippen molar-refractivity contribution < 1.29 is 9.59 Å². The molecule has 0 unspecified atom stereocenters. The number of nitrogens with one attached hydrogen (secondary N) is 1. The highest BCUT2D eigenvalue weighted by Crippen LogP contribution is 2.30. The highest BCUT2D eigenvalue weighted by molar-refractivity contribution is 6.30. The maximum absolute atomic E-state index is 12.9. The number of aryl methyl sites for hydroxylation is 1. The molecule has 2 aromatic carbocycles. The molecule has 0 saturated heterocycles. The Morgan fingerprint density at radius 2 is 1.89 bits per heavy atom. The summed E-state index contributed by atoms with van der Waals surface area (Å²) in [5.74, 6) is 0.0182. The van der Waals surface area contributed by atoms with Crippen LogP contribution in [0.3, 0.4) is 0 Å². The number of halogens is 1. The standard InChI is InChI=1S/C22H25ClN2O2/c1-15(2)24-22(27)19-5-3-7-20-18(19)6-4-14-25(20)21(26)13-10-16-8-11-17(23)12-9-16/h3,5,7-9,11-12,15H,4,6,10,13-14H2,1-2H3,(H,24,27). The first-order chi connectivity index (χ1) is 13.0. The van der Waals surface area contributed by atoms with E-state index < -0.39 is 0 Å². The molecule has 4 nitrogen and oxygen atoms in total. The second-order valence-corrected chi connectivity index (χ2v) is 7.64. The smallest absolute Gasteiger partial charge is 0.251 e. The Labute approximate surface area is 165 Å². The van der Waals surface area contributed by atoms with Crippen LogP contribution in [0.25, 0.3) is 0 Å². The number of benzene rings is 2. The Hall–Kier alpha value is -2.33. The lowest BCUT2D eigenvalue weighted by Gasteiger charge is -2.31. The molecule has 1 aliphatic heterocycles. The Morgan fingerprint density at radius 1 is 1.15 bits per heavy atom. The van der Waals surface area contributed by atoms with Crippen LogP contribution in [0.1, 0.15) is 48.2 Å². The molecule has 1 N–H and O–H groups in total. The molecule has 1 heterocycles. The van der Waals surface area contributed by atoms with Crippen LogP contribution in [0.2, 0.25) is 5.02 Å². The van der Waals surface area contributed by atoms with Crippen molar-refractivity contribution >= 4 is 29.1 Å². The van der Waals surface area contributed by atoms with Crippen molar-refractivity contribution in [3.63, 3.8) is 0 Å². The average molecular weight is 385 g/mol. The zero-order chi connectivity index (χ0) is 19.4. The minimum Gasteiger partial charge on any atom is -0.350 e. The summed E-state index contributed by atoms with van der Waals surface area (Å²) < 4.78 is 0. The molecule has 0 bridgehead atoms. The predicted octanol–water partition coefficient (Wildman–Crippen LogP) is 4.39. The van der Waals surface area contributed by atoms with E-state index in [4.69, 9.17) is 11.6 Å². The summed E-state index contributed by atoms with van der Waals surface area (Å²) in [6.45, 7) is 4.58. The second-order valence-electron chi connectivity index (χ2n) is 7.21. The summed E-state index contributed by atoms with van der Waals surface area (Å²) in [7, 11) is 0. The van der Waals surface area contributed by atoms with Crippen LogP contribution in [0.5, 0.6) is 0 Å². The predicted molar refractivity (Wildman–Crippen MR) is 109 cm³/mol. The summed E-state index contributed by atoms with van der Waals surface area (Å²) in [4.78, 5) is 27.2. The van der Waals surface area contributed by atoms with Crippen LogP contribution in [0.4, 0.5) is 5.69 Å². The van der Waals surface area contributed by atoms with Crippen LogP contribution in [-0.2, 0) is 17.6 Å². The van der Waals surface area contributed by atoms with Crippen molar-refractivity contribution in [2.45, 2.75) is 45.6 Å². The number of amides is 2. The van der Waals surface area contributed by atoms with Crippen molar-refractivity contribution in [3.8, 4) is 0 Å². The fourth-order valence-electron chi connectivity index (χ4n) is 3.47. The summed E-state index contributed by atoms with van der Waals surface area (Å²) >= 11 is 5.92. The maximum Gasteiger partial charge on any atom is 0.251 e. The van der Waals surface area contributed by atoms with E-state index in [1.165, 1.54) is 0 Å². The number of anilines is 1. The quantitative estimate of drug-likeness (QED) is 0.831. The first-order valence-corrected chi connectivity index (χ1v) is 9.81. The van der Waals surface area contributed by atoms with Gasteiger partial charge in [-0.15, -0.1) is 0 Å². The molecule has 2 amide bonds. The van der Waals surface area contributed by atoms with Gasteiger partial charge in [0.25, 0.3) is 5.91 Å². The molecular formula is C22H25ClN2O2. The van der Waals surface area contributed by atoms with E-state index >= 15 is 0 Å². The van der Waals surface area contributed by atoms with E-state index in [-0.39, 0.29) is 17.9 Å². The van der Waals surface area contributed by atoms with Crippen LogP contribution in [0.15, 0.2) is 42.5 Å². The number of fused-ring (bicyclic) bond motifs is 1. The van der Waals surface area contributed by atoms with Gasteiger partial charge in [0.2, 0.25) is 5.91 Å². The number of nitrogens with zero attached hydrogens (tertiary/aromatic N) is 1. The van der Waals surface area contributed by atoms with Crippen molar-refractivity contribution in [3.05, 3.63) is 64.2 Å². The van der Waals surface area contributed by atoms with Crippen molar-refractivity contribution in [1.29, 1.82) is 0 Å². The van der Waals surface area contributed by atoms with Gasteiger partial charge in [-0.1, -0.05) is 29.8 Å². The maximum atomic E-state index is 12.9. The Kier molecular flexibility index (Phi) is 6.17. The molecule has 0 spiro atoms. The number of carbonyl (C=O) groups excluding carboxylic acids is 2. The summed E-state index contributed by atoms with van der Waals surface area (Å²) in [5, 5.41) is 3.65. The van der Waals surface area contributed by atoms with E-state index in [9.17, 15) is 9.59 Å². The molecule has 142 valence electrons. The SMILES string of the molecule is CC(C)NC(=O)c1cccc2c1CCCN2C(=O)CCc1ccc(Cl)cc1. The first-order valence-electron chi connectivity index (χ1n) is 9.43. The van der Waals surface area contributed by atoms with E-state index in [2.05, 4.69) is 5.32 Å². The highest BCUT2D eigenvalue weighted by Gasteiger charge is 2.26. The molecule has 0 aromatic heterocycles.